The lowest BCUT2D eigenvalue weighted by Gasteiger charge is -2.21. The molecular weight excluding hydrogens is 478 g/mol. The second kappa shape index (κ2) is 10.8. The summed E-state index contributed by atoms with van der Waals surface area (Å²) >= 11 is 0. The summed E-state index contributed by atoms with van der Waals surface area (Å²) in [5.41, 5.74) is 4.46. The Hall–Kier alpha value is -4.55. The quantitative estimate of drug-likeness (QED) is 0.254. The number of ether oxygens (including phenoxy) is 1. The Labute approximate surface area is 221 Å². The van der Waals surface area contributed by atoms with Crippen molar-refractivity contribution in [2.75, 3.05) is 11.5 Å². The normalized spacial score (nSPS) is 15.2. The summed E-state index contributed by atoms with van der Waals surface area (Å²) in [6.07, 6.45) is -0.518. The number of benzene rings is 4. The molecule has 1 N–H and O–H groups in total. The summed E-state index contributed by atoms with van der Waals surface area (Å²) in [5, 5.41) is 10.6. The molecular formula is C32H27NO5. The Morgan fingerprint density at radius 1 is 0.868 bits per heavy atom. The van der Waals surface area contributed by atoms with Crippen LogP contribution in [0.25, 0.3) is 0 Å². The molecule has 190 valence electrons. The van der Waals surface area contributed by atoms with Crippen molar-refractivity contribution < 1.29 is 24.2 Å². The van der Waals surface area contributed by atoms with E-state index in [4.69, 9.17) is 4.74 Å². The van der Waals surface area contributed by atoms with Gasteiger partial charge in [0.05, 0.1) is 12.5 Å². The largest absolute Gasteiger partial charge is 0.465 e. The van der Waals surface area contributed by atoms with Crippen LogP contribution in [0.3, 0.4) is 0 Å². The monoisotopic (exact) mass is 505 g/mol. The Kier molecular flexibility index (Phi) is 7.15. The third-order valence-corrected chi connectivity index (χ3v) is 6.82. The van der Waals surface area contributed by atoms with Gasteiger partial charge in [-0.2, -0.15) is 0 Å². The van der Waals surface area contributed by atoms with Gasteiger partial charge in [-0.05, 0) is 42.3 Å². The van der Waals surface area contributed by atoms with Crippen LogP contribution in [0.5, 0.6) is 0 Å². The highest BCUT2D eigenvalue weighted by molar-refractivity contribution is 6.11. The predicted octanol–water partition coefficient (Wildman–Crippen LogP) is 5.46. The number of fused-ring (bicyclic) bond motifs is 1. The highest BCUT2D eigenvalue weighted by Crippen LogP contribution is 2.35. The van der Waals surface area contributed by atoms with Gasteiger partial charge in [0.1, 0.15) is 0 Å². The van der Waals surface area contributed by atoms with Crippen LogP contribution in [-0.4, -0.2) is 29.4 Å². The average molecular weight is 506 g/mol. The molecule has 1 aliphatic rings. The summed E-state index contributed by atoms with van der Waals surface area (Å²) in [7, 11) is 0. The third-order valence-electron chi connectivity index (χ3n) is 6.82. The van der Waals surface area contributed by atoms with Gasteiger partial charge >= 0.3 is 5.97 Å². The van der Waals surface area contributed by atoms with Gasteiger partial charge in [0.2, 0.25) is 0 Å². The van der Waals surface area contributed by atoms with Crippen LogP contribution >= 0.6 is 0 Å². The summed E-state index contributed by atoms with van der Waals surface area (Å²) < 4.78 is 5.53. The van der Waals surface area contributed by atoms with Gasteiger partial charge in [-0.15, -0.1) is 0 Å². The smallest absolute Gasteiger partial charge is 0.313 e. The number of esters is 1. The van der Waals surface area contributed by atoms with Gasteiger partial charge in [0.15, 0.2) is 12.0 Å². The van der Waals surface area contributed by atoms with E-state index in [-0.39, 0.29) is 24.3 Å². The van der Waals surface area contributed by atoms with E-state index in [0.29, 0.717) is 34.4 Å². The molecule has 0 spiro atoms. The second-order valence-electron chi connectivity index (χ2n) is 9.26. The molecule has 0 saturated carbocycles. The summed E-state index contributed by atoms with van der Waals surface area (Å²) in [6.45, 7) is 1.96. The molecule has 5 rings (SSSR count). The number of anilines is 1. The molecule has 6 nitrogen and oxygen atoms in total. The van der Waals surface area contributed by atoms with Crippen molar-refractivity contribution in [2.24, 2.45) is 0 Å². The van der Waals surface area contributed by atoms with Gasteiger partial charge < -0.3 is 9.84 Å². The number of aliphatic hydroxyl groups excluding tert-OH is 1. The van der Waals surface area contributed by atoms with Gasteiger partial charge in [0, 0.05) is 34.4 Å². The Morgan fingerprint density at radius 3 is 2.29 bits per heavy atom. The molecule has 2 atom stereocenters. The van der Waals surface area contributed by atoms with E-state index >= 15 is 0 Å². The molecule has 0 fully saturated rings. The first kappa shape index (κ1) is 25.1. The highest BCUT2D eigenvalue weighted by atomic mass is 16.5. The van der Waals surface area contributed by atoms with Crippen molar-refractivity contribution in [3.63, 3.8) is 0 Å². The standard InChI is InChI=1S/C32H27NO5/c1-21(24-10-7-11-25(20-24)29(34)23-8-3-2-4-9-23)32(37)38-19-18-22-14-16-26(17-15-22)33-30(35)27-12-5-6-13-28(27)31(33)36/h2-17,20-21,30,35H,18-19H2,1H3. The number of ketones is 1. The van der Waals surface area contributed by atoms with E-state index < -0.39 is 12.1 Å². The third kappa shape index (κ3) is 4.99. The lowest BCUT2D eigenvalue weighted by atomic mass is 9.96. The lowest BCUT2D eigenvalue weighted by molar-refractivity contribution is -0.144. The van der Waals surface area contributed by atoms with Gasteiger partial charge in [-0.3, -0.25) is 19.3 Å². The van der Waals surface area contributed by atoms with Crippen LogP contribution < -0.4 is 4.90 Å². The fraction of sp³-hybridized carbons (Fsp3) is 0.156. The lowest BCUT2D eigenvalue weighted by Crippen LogP contribution is -2.27. The number of nitrogens with zero attached hydrogens (tertiary/aromatic N) is 1. The number of carbonyl (C=O) groups is 3. The average Bonchev–Trinajstić information content (AvgIpc) is 3.22. The SMILES string of the molecule is CC(C(=O)OCCc1ccc(N2C(=O)c3ccccc3C2O)cc1)c1cccc(C(=O)c2ccccc2)c1. The molecule has 0 radical (unpaired) electrons. The molecule has 0 aromatic heterocycles. The minimum atomic E-state index is -1.02. The van der Waals surface area contributed by atoms with Crippen LogP contribution in [-0.2, 0) is 16.0 Å². The number of hydrogen-bond donors (Lipinski definition) is 1. The fourth-order valence-corrected chi connectivity index (χ4v) is 4.61. The highest BCUT2D eigenvalue weighted by Gasteiger charge is 2.36. The Bertz CT molecular complexity index is 1480. The molecule has 1 amide bonds. The zero-order valence-corrected chi connectivity index (χ0v) is 20.9. The zero-order chi connectivity index (χ0) is 26.6. The molecule has 4 aromatic carbocycles. The number of aliphatic hydroxyl groups is 1. The minimum absolute atomic E-state index is 0.0940. The van der Waals surface area contributed by atoms with E-state index in [2.05, 4.69) is 0 Å². The fourth-order valence-electron chi connectivity index (χ4n) is 4.61. The number of amides is 1. The molecule has 0 aliphatic carbocycles. The Morgan fingerprint density at radius 2 is 1.55 bits per heavy atom. The van der Waals surface area contributed by atoms with Crippen molar-refractivity contribution in [3.8, 4) is 0 Å². The molecule has 38 heavy (non-hydrogen) atoms. The zero-order valence-electron chi connectivity index (χ0n) is 20.9. The van der Waals surface area contributed by atoms with Crippen molar-refractivity contribution in [2.45, 2.75) is 25.5 Å². The molecule has 4 aromatic rings. The van der Waals surface area contributed by atoms with Gasteiger partial charge in [-0.25, -0.2) is 0 Å². The van der Waals surface area contributed by atoms with E-state index in [9.17, 15) is 19.5 Å². The number of hydrogen-bond acceptors (Lipinski definition) is 5. The molecule has 0 saturated heterocycles. The summed E-state index contributed by atoms with van der Waals surface area (Å²) in [5.74, 6) is -1.22. The maximum atomic E-state index is 12.8. The molecule has 6 heteroatoms. The maximum Gasteiger partial charge on any atom is 0.313 e. The predicted molar refractivity (Wildman–Crippen MR) is 144 cm³/mol. The minimum Gasteiger partial charge on any atom is -0.465 e. The van der Waals surface area contributed by atoms with Gasteiger partial charge in [-0.1, -0.05) is 78.9 Å². The van der Waals surface area contributed by atoms with Crippen LogP contribution in [0.4, 0.5) is 5.69 Å². The molecule has 0 bridgehead atoms. The second-order valence-corrected chi connectivity index (χ2v) is 9.26. The summed E-state index contributed by atoms with van der Waals surface area (Å²) in [6, 6.07) is 30.4. The van der Waals surface area contributed by atoms with Crippen LogP contribution in [0.1, 0.15) is 62.0 Å². The summed E-state index contributed by atoms with van der Waals surface area (Å²) in [4.78, 5) is 39.6. The maximum absolute atomic E-state index is 12.8. The first-order valence-corrected chi connectivity index (χ1v) is 12.5. The van der Waals surface area contributed by atoms with Crippen LogP contribution in [0.15, 0.2) is 103 Å². The first-order chi connectivity index (χ1) is 18.4. The van der Waals surface area contributed by atoms with Crippen molar-refractivity contribution >= 4 is 23.3 Å². The molecule has 1 aliphatic heterocycles. The van der Waals surface area contributed by atoms with E-state index in [1.54, 1.807) is 73.7 Å². The number of rotatable bonds is 8. The topological polar surface area (TPSA) is 83.9 Å². The van der Waals surface area contributed by atoms with E-state index in [1.165, 1.54) is 4.90 Å². The van der Waals surface area contributed by atoms with Crippen LogP contribution in [0, 0.1) is 0 Å². The van der Waals surface area contributed by atoms with Crippen molar-refractivity contribution in [3.05, 3.63) is 137 Å². The van der Waals surface area contributed by atoms with Crippen molar-refractivity contribution in [1.29, 1.82) is 0 Å². The number of carbonyl (C=O) groups excluding carboxylic acids is 3. The molecule has 2 unspecified atom stereocenters. The van der Waals surface area contributed by atoms with Gasteiger partial charge in [0.25, 0.3) is 5.91 Å². The molecule has 1 heterocycles. The van der Waals surface area contributed by atoms with E-state index in [1.807, 2.05) is 36.4 Å². The van der Waals surface area contributed by atoms with Crippen molar-refractivity contribution in [1.82, 2.24) is 0 Å². The van der Waals surface area contributed by atoms with E-state index in [0.717, 1.165) is 11.1 Å². The van der Waals surface area contributed by atoms with Crippen LogP contribution in [0.2, 0.25) is 0 Å². The Balaban J connectivity index is 1.17. The first-order valence-electron chi connectivity index (χ1n) is 12.5.